The molecule has 0 saturated heterocycles. The summed E-state index contributed by atoms with van der Waals surface area (Å²) in [5, 5.41) is 6.55. The highest BCUT2D eigenvalue weighted by atomic mass is 16.6. The molecule has 1 amide bonds. The van der Waals surface area contributed by atoms with E-state index in [-0.39, 0.29) is 18.6 Å². The molecule has 1 heterocycles. The van der Waals surface area contributed by atoms with E-state index < -0.39 is 6.10 Å². The second kappa shape index (κ2) is 12.2. The van der Waals surface area contributed by atoms with Crippen LogP contribution in [0.15, 0.2) is 60.3 Å². The number of ether oxygens (including phenoxy) is 3. The number of unbranched alkanes of at least 4 members (excludes halogenated alkanes) is 1. The van der Waals surface area contributed by atoms with Gasteiger partial charge in [-0.3, -0.25) is 4.79 Å². The second-order valence-corrected chi connectivity index (χ2v) is 8.50. The predicted molar refractivity (Wildman–Crippen MR) is 135 cm³/mol. The molecule has 0 radical (unpaired) electrons. The van der Waals surface area contributed by atoms with Crippen molar-refractivity contribution in [2.24, 2.45) is 0 Å². The topological polar surface area (TPSA) is 68.8 Å². The number of carbonyl (C=O) groups excluding carboxylic acids is 1. The van der Waals surface area contributed by atoms with Crippen LogP contribution >= 0.6 is 0 Å². The Bertz CT molecular complexity index is 1040. The molecule has 6 heteroatoms. The molecule has 0 saturated carbocycles. The van der Waals surface area contributed by atoms with Crippen LogP contribution in [-0.4, -0.2) is 31.8 Å². The number of methoxy groups -OCH3 is 1. The smallest absolute Gasteiger partial charge is 0.265 e. The molecular formula is C28H36N2O4. The molecule has 2 aromatic carbocycles. The van der Waals surface area contributed by atoms with Gasteiger partial charge in [-0.1, -0.05) is 43.7 Å². The molecule has 1 aliphatic rings. The van der Waals surface area contributed by atoms with Crippen molar-refractivity contribution in [3.05, 3.63) is 77.0 Å². The average molecular weight is 465 g/mol. The van der Waals surface area contributed by atoms with Crippen LogP contribution in [-0.2, 0) is 11.3 Å². The van der Waals surface area contributed by atoms with E-state index >= 15 is 0 Å². The van der Waals surface area contributed by atoms with Crippen LogP contribution in [0, 0.1) is 13.8 Å². The van der Waals surface area contributed by atoms with Gasteiger partial charge < -0.3 is 24.8 Å². The zero-order valence-corrected chi connectivity index (χ0v) is 20.8. The molecular weight excluding hydrogens is 428 g/mol. The van der Waals surface area contributed by atoms with E-state index in [0.717, 1.165) is 29.9 Å². The van der Waals surface area contributed by atoms with E-state index in [4.69, 9.17) is 14.2 Å². The van der Waals surface area contributed by atoms with Crippen LogP contribution < -0.4 is 24.8 Å². The summed E-state index contributed by atoms with van der Waals surface area (Å²) in [4.78, 5) is 12.9. The molecule has 0 fully saturated rings. The summed E-state index contributed by atoms with van der Waals surface area (Å²) < 4.78 is 17.0. The monoisotopic (exact) mass is 464 g/mol. The van der Waals surface area contributed by atoms with Gasteiger partial charge in [0.2, 0.25) is 6.10 Å². The van der Waals surface area contributed by atoms with E-state index in [0.29, 0.717) is 18.0 Å². The van der Waals surface area contributed by atoms with Crippen LogP contribution in [0.4, 0.5) is 0 Å². The summed E-state index contributed by atoms with van der Waals surface area (Å²) >= 11 is 0. The molecule has 0 bridgehead atoms. The maximum absolute atomic E-state index is 12.9. The highest BCUT2D eigenvalue weighted by molar-refractivity contribution is 5.82. The standard InChI is InChI=1S/C28H36N2O4/c1-6-7-8-11-23(30-28(31)27-18-33-25-12-9-10-13-26(25)34-27)16-19(2)29-17-22-14-15-24(32-5)21(4)20(22)3/h8-16,23,27,29H,6-7,17-18H2,1-5H3,(H,30,31)/b11-8?,19-16+. The molecule has 34 heavy (non-hydrogen) atoms. The Morgan fingerprint density at radius 3 is 2.68 bits per heavy atom. The van der Waals surface area contributed by atoms with Crippen LogP contribution in [0.2, 0.25) is 0 Å². The minimum atomic E-state index is -0.691. The molecule has 182 valence electrons. The van der Waals surface area contributed by atoms with Gasteiger partial charge in [-0.15, -0.1) is 0 Å². The normalized spacial score (nSPS) is 16.3. The lowest BCUT2D eigenvalue weighted by Gasteiger charge is -2.26. The SMILES string of the molecule is CCCC=CC(/C=C(\C)NCc1ccc(OC)c(C)c1C)NC(=O)C1COc2ccccc2O1. The van der Waals surface area contributed by atoms with Gasteiger partial charge >= 0.3 is 0 Å². The first-order valence-electron chi connectivity index (χ1n) is 11.8. The van der Waals surface area contributed by atoms with Crippen molar-refractivity contribution < 1.29 is 19.0 Å². The van der Waals surface area contributed by atoms with Crippen molar-refractivity contribution in [2.75, 3.05) is 13.7 Å². The average Bonchev–Trinajstić information content (AvgIpc) is 2.84. The van der Waals surface area contributed by atoms with E-state index in [1.54, 1.807) is 7.11 Å². The minimum Gasteiger partial charge on any atom is -0.496 e. The third kappa shape index (κ3) is 6.56. The summed E-state index contributed by atoms with van der Waals surface area (Å²) in [6, 6.07) is 11.2. The third-order valence-electron chi connectivity index (χ3n) is 5.97. The number of hydrogen-bond acceptors (Lipinski definition) is 5. The number of allylic oxidation sites excluding steroid dienone is 2. The second-order valence-electron chi connectivity index (χ2n) is 8.50. The van der Waals surface area contributed by atoms with Gasteiger partial charge in [-0.25, -0.2) is 0 Å². The Hall–Kier alpha value is -3.41. The largest absolute Gasteiger partial charge is 0.496 e. The van der Waals surface area contributed by atoms with Crippen molar-refractivity contribution >= 4 is 5.91 Å². The van der Waals surface area contributed by atoms with Gasteiger partial charge in [0.1, 0.15) is 12.4 Å². The maximum atomic E-state index is 12.9. The number of para-hydroxylation sites is 2. The van der Waals surface area contributed by atoms with Crippen molar-refractivity contribution in [3.63, 3.8) is 0 Å². The molecule has 2 atom stereocenters. The molecule has 2 aromatic rings. The quantitative estimate of drug-likeness (QED) is 0.485. The molecule has 0 aliphatic carbocycles. The minimum absolute atomic E-state index is 0.186. The highest BCUT2D eigenvalue weighted by Crippen LogP contribution is 2.31. The van der Waals surface area contributed by atoms with Gasteiger partial charge in [-0.2, -0.15) is 0 Å². The lowest BCUT2D eigenvalue weighted by atomic mass is 10.0. The van der Waals surface area contributed by atoms with E-state index in [2.05, 4.69) is 43.5 Å². The van der Waals surface area contributed by atoms with Crippen molar-refractivity contribution in [1.29, 1.82) is 0 Å². The molecule has 0 spiro atoms. The van der Waals surface area contributed by atoms with Gasteiger partial charge in [0.05, 0.1) is 13.2 Å². The molecule has 0 aromatic heterocycles. The number of carbonyl (C=O) groups is 1. The highest BCUT2D eigenvalue weighted by Gasteiger charge is 2.28. The number of benzene rings is 2. The maximum Gasteiger partial charge on any atom is 0.265 e. The molecule has 2 unspecified atom stereocenters. The first-order valence-corrected chi connectivity index (χ1v) is 11.8. The van der Waals surface area contributed by atoms with Crippen molar-refractivity contribution in [2.45, 2.75) is 59.2 Å². The summed E-state index contributed by atoms with van der Waals surface area (Å²) in [5.41, 5.74) is 4.54. The fraction of sp³-hybridized carbons (Fsp3) is 0.393. The summed E-state index contributed by atoms with van der Waals surface area (Å²) in [6.07, 6.45) is 7.45. The van der Waals surface area contributed by atoms with Crippen LogP contribution in [0.1, 0.15) is 43.4 Å². The molecule has 2 N–H and O–H groups in total. The van der Waals surface area contributed by atoms with Crippen LogP contribution in [0.3, 0.4) is 0 Å². The molecule has 1 aliphatic heterocycles. The summed E-state index contributed by atoms with van der Waals surface area (Å²) in [7, 11) is 1.69. The Kier molecular flexibility index (Phi) is 9.02. The molecule has 6 nitrogen and oxygen atoms in total. The summed E-state index contributed by atoms with van der Waals surface area (Å²) in [6.45, 7) is 9.19. The lowest BCUT2D eigenvalue weighted by Crippen LogP contribution is -2.47. The number of nitrogens with one attached hydrogen (secondary N) is 2. The van der Waals surface area contributed by atoms with Gasteiger partial charge in [0.25, 0.3) is 5.91 Å². The first-order chi connectivity index (χ1) is 16.4. The number of rotatable bonds is 10. The van der Waals surface area contributed by atoms with Gasteiger partial charge in [0.15, 0.2) is 11.5 Å². The lowest BCUT2D eigenvalue weighted by molar-refractivity contribution is -0.130. The first kappa shape index (κ1) is 25.2. The van der Waals surface area contributed by atoms with E-state index in [1.807, 2.05) is 49.4 Å². The third-order valence-corrected chi connectivity index (χ3v) is 5.97. The fourth-order valence-corrected chi connectivity index (χ4v) is 3.79. The van der Waals surface area contributed by atoms with Crippen molar-refractivity contribution in [3.8, 4) is 17.2 Å². The number of hydrogen-bond donors (Lipinski definition) is 2. The van der Waals surface area contributed by atoms with Crippen molar-refractivity contribution in [1.82, 2.24) is 10.6 Å². The Balaban J connectivity index is 1.65. The van der Waals surface area contributed by atoms with E-state index in [1.165, 1.54) is 11.1 Å². The van der Waals surface area contributed by atoms with Crippen LogP contribution in [0.5, 0.6) is 17.2 Å². The predicted octanol–water partition coefficient (Wildman–Crippen LogP) is 4.99. The zero-order chi connectivity index (χ0) is 24.5. The molecule has 3 rings (SSSR count). The van der Waals surface area contributed by atoms with Gasteiger partial charge in [0, 0.05) is 12.2 Å². The van der Waals surface area contributed by atoms with E-state index in [9.17, 15) is 4.79 Å². The number of fused-ring (bicyclic) bond motifs is 1. The fourth-order valence-electron chi connectivity index (χ4n) is 3.79. The Morgan fingerprint density at radius 1 is 1.18 bits per heavy atom. The zero-order valence-electron chi connectivity index (χ0n) is 20.8. The number of amides is 1. The Morgan fingerprint density at radius 2 is 1.94 bits per heavy atom. The van der Waals surface area contributed by atoms with Gasteiger partial charge in [-0.05, 0) is 68.2 Å². The summed E-state index contributed by atoms with van der Waals surface area (Å²) in [5.74, 6) is 1.95. The Labute approximate surface area is 203 Å². The van der Waals surface area contributed by atoms with Crippen LogP contribution in [0.25, 0.3) is 0 Å².